The molecule has 0 bridgehead atoms. The minimum atomic E-state index is 0.396. The van der Waals surface area contributed by atoms with E-state index in [9.17, 15) is 0 Å². The number of anilines is 1. The lowest BCUT2D eigenvalue weighted by molar-refractivity contribution is 0.275. The van der Waals surface area contributed by atoms with E-state index in [1.165, 1.54) is 0 Å². The Morgan fingerprint density at radius 2 is 1.73 bits per heavy atom. The Morgan fingerprint density at radius 3 is 2.42 bits per heavy atom. The first-order chi connectivity index (χ1) is 12.7. The fourth-order valence-electron chi connectivity index (χ4n) is 3.67. The highest BCUT2D eigenvalue weighted by Crippen LogP contribution is 2.32. The van der Waals surface area contributed by atoms with Gasteiger partial charge in [0.2, 0.25) is 0 Å². The van der Waals surface area contributed by atoms with Crippen molar-refractivity contribution in [2.45, 2.75) is 13.0 Å². The molecule has 1 saturated heterocycles. The normalized spacial score (nSPS) is 18.0. The number of nitriles is 1. The molecule has 1 aliphatic heterocycles. The lowest BCUT2D eigenvalue weighted by Crippen LogP contribution is -2.51. The lowest BCUT2D eigenvalue weighted by Gasteiger charge is -2.39. The van der Waals surface area contributed by atoms with Gasteiger partial charge in [-0.25, -0.2) is 0 Å². The summed E-state index contributed by atoms with van der Waals surface area (Å²) in [4.78, 5) is 4.71. The van der Waals surface area contributed by atoms with Gasteiger partial charge in [0.1, 0.15) is 5.69 Å². The van der Waals surface area contributed by atoms with Crippen LogP contribution in [0.15, 0.2) is 48.5 Å². The summed E-state index contributed by atoms with van der Waals surface area (Å²) in [6.45, 7) is 5.23. The van der Waals surface area contributed by atoms with E-state index in [0.29, 0.717) is 11.6 Å². The highest BCUT2D eigenvalue weighted by Gasteiger charge is 2.25. The first-order valence-electron chi connectivity index (χ1n) is 8.88. The highest BCUT2D eigenvalue weighted by molar-refractivity contribution is 6.00. The van der Waals surface area contributed by atoms with Crippen LogP contribution < -0.4 is 4.90 Å². The van der Waals surface area contributed by atoms with E-state index in [4.69, 9.17) is 5.26 Å². The summed E-state index contributed by atoms with van der Waals surface area (Å²) in [6, 6.07) is 18.4. The summed E-state index contributed by atoms with van der Waals surface area (Å²) in [5.74, 6) is 0.957. The van der Waals surface area contributed by atoms with E-state index in [0.717, 1.165) is 47.5 Å². The molecule has 1 aromatic heterocycles. The standard InChI is InChI=1S/C21H21N5/c1-15-14-25(2)11-12-26(15)21-19-6-4-3-5-18(19)20(23-24-21)17-9-7-16(13-22)8-10-17/h3-10,15H,11-12,14H2,1-2H3/t15-/m0/s1. The summed E-state index contributed by atoms with van der Waals surface area (Å²) in [5.41, 5.74) is 2.48. The molecule has 1 aliphatic rings. The molecule has 3 aromatic rings. The van der Waals surface area contributed by atoms with Crippen molar-refractivity contribution in [1.29, 1.82) is 5.26 Å². The smallest absolute Gasteiger partial charge is 0.159 e. The van der Waals surface area contributed by atoms with Crippen LogP contribution in [0.4, 0.5) is 5.82 Å². The maximum absolute atomic E-state index is 9.01. The van der Waals surface area contributed by atoms with Gasteiger partial charge in [-0.05, 0) is 26.1 Å². The van der Waals surface area contributed by atoms with E-state index in [2.05, 4.69) is 58.2 Å². The van der Waals surface area contributed by atoms with Crippen molar-refractivity contribution in [3.63, 3.8) is 0 Å². The molecule has 130 valence electrons. The van der Waals surface area contributed by atoms with E-state index in [1.807, 2.05) is 30.3 Å². The minimum Gasteiger partial charge on any atom is -0.349 e. The first kappa shape index (κ1) is 16.5. The maximum Gasteiger partial charge on any atom is 0.159 e. The summed E-state index contributed by atoms with van der Waals surface area (Å²) in [6.07, 6.45) is 0. The molecule has 0 N–H and O–H groups in total. The van der Waals surface area contributed by atoms with Gasteiger partial charge in [-0.2, -0.15) is 5.26 Å². The zero-order chi connectivity index (χ0) is 18.1. The van der Waals surface area contributed by atoms with Crippen LogP contribution in [0.25, 0.3) is 22.0 Å². The molecule has 0 aliphatic carbocycles. The van der Waals surface area contributed by atoms with Crippen LogP contribution in [0.1, 0.15) is 12.5 Å². The Balaban J connectivity index is 1.82. The van der Waals surface area contributed by atoms with Gasteiger partial charge in [-0.1, -0.05) is 36.4 Å². The second kappa shape index (κ2) is 6.74. The van der Waals surface area contributed by atoms with Crippen molar-refractivity contribution in [2.75, 3.05) is 31.6 Å². The summed E-state index contributed by atoms with van der Waals surface area (Å²) < 4.78 is 0. The van der Waals surface area contributed by atoms with Gasteiger partial charge < -0.3 is 9.80 Å². The number of hydrogen-bond acceptors (Lipinski definition) is 5. The molecular formula is C21H21N5. The second-order valence-electron chi connectivity index (χ2n) is 6.91. The third-order valence-electron chi connectivity index (χ3n) is 5.06. The van der Waals surface area contributed by atoms with Crippen LogP contribution in [0.2, 0.25) is 0 Å². The van der Waals surface area contributed by atoms with Gasteiger partial charge in [0.15, 0.2) is 5.82 Å². The highest BCUT2D eigenvalue weighted by atomic mass is 15.3. The molecule has 0 radical (unpaired) electrons. The van der Waals surface area contributed by atoms with Gasteiger partial charge >= 0.3 is 0 Å². The Hall–Kier alpha value is -2.97. The fraction of sp³-hybridized carbons (Fsp3) is 0.286. The van der Waals surface area contributed by atoms with Gasteiger partial charge in [0.05, 0.1) is 11.6 Å². The van der Waals surface area contributed by atoms with Gasteiger partial charge in [-0.3, -0.25) is 0 Å². The number of rotatable bonds is 2. The van der Waals surface area contributed by atoms with Crippen molar-refractivity contribution >= 4 is 16.6 Å². The number of fused-ring (bicyclic) bond motifs is 1. The van der Waals surface area contributed by atoms with Gasteiger partial charge in [-0.15, -0.1) is 10.2 Å². The molecule has 0 unspecified atom stereocenters. The van der Waals surface area contributed by atoms with E-state index >= 15 is 0 Å². The number of piperazine rings is 1. The van der Waals surface area contributed by atoms with Crippen molar-refractivity contribution in [3.05, 3.63) is 54.1 Å². The van der Waals surface area contributed by atoms with Crippen molar-refractivity contribution in [3.8, 4) is 17.3 Å². The van der Waals surface area contributed by atoms with E-state index in [-0.39, 0.29) is 0 Å². The van der Waals surface area contributed by atoms with Crippen LogP contribution in [-0.4, -0.2) is 47.8 Å². The molecule has 26 heavy (non-hydrogen) atoms. The zero-order valence-corrected chi connectivity index (χ0v) is 15.1. The molecule has 0 spiro atoms. The topological polar surface area (TPSA) is 56.1 Å². The molecule has 2 aromatic carbocycles. The number of nitrogens with zero attached hydrogens (tertiary/aromatic N) is 5. The van der Waals surface area contributed by atoms with Gasteiger partial charge in [0, 0.05) is 42.0 Å². The fourth-order valence-corrected chi connectivity index (χ4v) is 3.67. The molecule has 1 atom stereocenters. The molecule has 5 nitrogen and oxygen atoms in total. The lowest BCUT2D eigenvalue weighted by atomic mass is 10.0. The first-order valence-corrected chi connectivity index (χ1v) is 8.88. The second-order valence-corrected chi connectivity index (χ2v) is 6.91. The monoisotopic (exact) mass is 343 g/mol. The number of likely N-dealkylation sites (N-methyl/N-ethyl adjacent to an activating group) is 1. The van der Waals surface area contributed by atoms with Crippen LogP contribution in [0.3, 0.4) is 0 Å². The Morgan fingerprint density at radius 1 is 1.00 bits per heavy atom. The average Bonchev–Trinajstić information content (AvgIpc) is 2.68. The predicted octanol–water partition coefficient (Wildman–Crippen LogP) is 3.31. The molecular weight excluding hydrogens is 322 g/mol. The van der Waals surface area contributed by atoms with Gasteiger partial charge in [0.25, 0.3) is 0 Å². The Labute approximate surface area is 153 Å². The van der Waals surface area contributed by atoms with E-state index in [1.54, 1.807) is 0 Å². The largest absolute Gasteiger partial charge is 0.349 e. The average molecular weight is 343 g/mol. The van der Waals surface area contributed by atoms with Crippen LogP contribution >= 0.6 is 0 Å². The minimum absolute atomic E-state index is 0.396. The van der Waals surface area contributed by atoms with Crippen molar-refractivity contribution in [2.24, 2.45) is 0 Å². The molecule has 4 rings (SSSR count). The molecule has 5 heteroatoms. The van der Waals surface area contributed by atoms with Crippen LogP contribution in [0.5, 0.6) is 0 Å². The van der Waals surface area contributed by atoms with Crippen LogP contribution in [-0.2, 0) is 0 Å². The summed E-state index contributed by atoms with van der Waals surface area (Å²) in [7, 11) is 2.16. The van der Waals surface area contributed by atoms with E-state index < -0.39 is 0 Å². The molecule has 2 heterocycles. The number of hydrogen-bond donors (Lipinski definition) is 0. The number of benzene rings is 2. The summed E-state index contributed by atoms with van der Waals surface area (Å²) in [5, 5.41) is 20.4. The Kier molecular flexibility index (Phi) is 4.27. The maximum atomic E-state index is 9.01. The number of aromatic nitrogens is 2. The van der Waals surface area contributed by atoms with Crippen LogP contribution in [0, 0.1) is 11.3 Å². The molecule has 1 fully saturated rings. The molecule has 0 amide bonds. The summed E-state index contributed by atoms with van der Waals surface area (Å²) >= 11 is 0. The molecule has 0 saturated carbocycles. The zero-order valence-electron chi connectivity index (χ0n) is 15.1. The third kappa shape index (κ3) is 2.89. The van der Waals surface area contributed by atoms with Crippen molar-refractivity contribution < 1.29 is 0 Å². The Bertz CT molecular complexity index is 974. The quantitative estimate of drug-likeness (QED) is 0.714. The van der Waals surface area contributed by atoms with Crippen molar-refractivity contribution in [1.82, 2.24) is 15.1 Å². The predicted molar refractivity (Wildman–Crippen MR) is 104 cm³/mol. The third-order valence-corrected chi connectivity index (χ3v) is 5.06. The SMILES string of the molecule is C[C@H]1CN(C)CCN1c1nnc(-c2ccc(C#N)cc2)c2ccccc12.